The summed E-state index contributed by atoms with van der Waals surface area (Å²) in [6.45, 7) is 10.3. The third kappa shape index (κ3) is 3.19. The molecule has 3 aromatic rings. The van der Waals surface area contributed by atoms with E-state index in [-0.39, 0.29) is 5.91 Å². The molecule has 0 unspecified atom stereocenters. The minimum Gasteiger partial charge on any atom is -0.451 e. The number of rotatable bonds is 4. The monoisotopic (exact) mass is 335 g/mol. The largest absolute Gasteiger partial charge is 0.451 e. The standard InChI is InChI=1S/C22H25NO2/c1-6-16-10-11-19-18(12-16)15(5)21(25-19)22(24)23-20-14(4)8-7-9-17(20)13(2)3/h7-13H,6H2,1-5H3,(H,23,24). The summed E-state index contributed by atoms with van der Waals surface area (Å²) in [5.41, 5.74) is 5.97. The van der Waals surface area contributed by atoms with Crippen molar-refractivity contribution in [3.63, 3.8) is 0 Å². The van der Waals surface area contributed by atoms with Crippen LogP contribution in [0, 0.1) is 13.8 Å². The molecule has 1 amide bonds. The van der Waals surface area contributed by atoms with Crippen LogP contribution in [0.25, 0.3) is 11.0 Å². The summed E-state index contributed by atoms with van der Waals surface area (Å²) in [7, 11) is 0. The van der Waals surface area contributed by atoms with E-state index in [0.29, 0.717) is 11.7 Å². The van der Waals surface area contributed by atoms with Crippen LogP contribution in [0.4, 0.5) is 5.69 Å². The van der Waals surface area contributed by atoms with Gasteiger partial charge in [0.2, 0.25) is 0 Å². The molecule has 1 N–H and O–H groups in total. The molecule has 130 valence electrons. The molecule has 1 aromatic heterocycles. The third-order valence-corrected chi connectivity index (χ3v) is 4.78. The van der Waals surface area contributed by atoms with Crippen molar-refractivity contribution in [1.29, 1.82) is 0 Å². The molecular weight excluding hydrogens is 310 g/mol. The first-order chi connectivity index (χ1) is 11.9. The molecule has 0 aliphatic carbocycles. The van der Waals surface area contributed by atoms with Gasteiger partial charge in [-0.15, -0.1) is 0 Å². The smallest absolute Gasteiger partial charge is 0.291 e. The second-order valence-corrected chi connectivity index (χ2v) is 6.89. The van der Waals surface area contributed by atoms with E-state index in [1.54, 1.807) is 0 Å². The van der Waals surface area contributed by atoms with E-state index in [1.807, 2.05) is 38.1 Å². The van der Waals surface area contributed by atoms with Crippen LogP contribution in [-0.2, 0) is 6.42 Å². The van der Waals surface area contributed by atoms with Gasteiger partial charge in [-0.05, 0) is 55.0 Å². The quantitative estimate of drug-likeness (QED) is 0.636. The van der Waals surface area contributed by atoms with Crippen molar-refractivity contribution in [2.24, 2.45) is 0 Å². The maximum atomic E-state index is 12.9. The fourth-order valence-corrected chi connectivity index (χ4v) is 3.22. The average Bonchev–Trinajstić information content (AvgIpc) is 2.92. The number of hydrogen-bond acceptors (Lipinski definition) is 2. The number of nitrogens with one attached hydrogen (secondary N) is 1. The van der Waals surface area contributed by atoms with Crippen LogP contribution >= 0.6 is 0 Å². The summed E-state index contributed by atoms with van der Waals surface area (Å²) in [5.74, 6) is 0.531. The molecule has 3 nitrogen and oxygen atoms in total. The summed E-state index contributed by atoms with van der Waals surface area (Å²) < 4.78 is 5.86. The highest BCUT2D eigenvalue weighted by molar-refractivity contribution is 6.07. The van der Waals surface area contributed by atoms with Crippen molar-refractivity contribution >= 4 is 22.6 Å². The second-order valence-electron chi connectivity index (χ2n) is 6.89. The summed E-state index contributed by atoms with van der Waals surface area (Å²) in [5, 5.41) is 4.09. The highest BCUT2D eigenvalue weighted by Gasteiger charge is 2.20. The minimum atomic E-state index is -0.192. The number of para-hydroxylation sites is 1. The number of hydrogen-bond donors (Lipinski definition) is 1. The molecule has 0 spiro atoms. The zero-order chi connectivity index (χ0) is 18.1. The number of benzene rings is 2. The molecule has 0 saturated heterocycles. The number of amides is 1. The molecule has 3 rings (SSSR count). The lowest BCUT2D eigenvalue weighted by molar-refractivity contribution is 0.0997. The molecule has 0 aliphatic heterocycles. The molecule has 0 atom stereocenters. The lowest BCUT2D eigenvalue weighted by atomic mass is 9.98. The molecule has 1 heterocycles. The average molecular weight is 335 g/mol. The van der Waals surface area contributed by atoms with Crippen LogP contribution in [0.3, 0.4) is 0 Å². The number of fused-ring (bicyclic) bond motifs is 1. The van der Waals surface area contributed by atoms with Gasteiger partial charge in [-0.25, -0.2) is 0 Å². The van der Waals surface area contributed by atoms with Crippen LogP contribution in [0.5, 0.6) is 0 Å². The van der Waals surface area contributed by atoms with Crippen molar-refractivity contribution < 1.29 is 9.21 Å². The molecule has 2 aromatic carbocycles. The minimum absolute atomic E-state index is 0.192. The summed E-state index contributed by atoms with van der Waals surface area (Å²) in [6.07, 6.45) is 0.961. The predicted molar refractivity (Wildman–Crippen MR) is 104 cm³/mol. The Morgan fingerprint density at radius 3 is 2.60 bits per heavy atom. The van der Waals surface area contributed by atoms with Crippen LogP contribution in [0.15, 0.2) is 40.8 Å². The molecular formula is C22H25NO2. The SMILES string of the molecule is CCc1ccc2oc(C(=O)Nc3c(C)cccc3C(C)C)c(C)c2c1. The number of anilines is 1. The number of furan rings is 1. The summed E-state index contributed by atoms with van der Waals surface area (Å²) in [6, 6.07) is 12.2. The van der Waals surface area contributed by atoms with E-state index in [0.717, 1.165) is 39.8 Å². The Bertz CT molecular complexity index is 935. The Hall–Kier alpha value is -2.55. The molecule has 0 radical (unpaired) electrons. The molecule has 0 fully saturated rings. The van der Waals surface area contributed by atoms with E-state index < -0.39 is 0 Å². The maximum absolute atomic E-state index is 12.9. The first-order valence-electron chi connectivity index (χ1n) is 8.85. The lowest BCUT2D eigenvalue weighted by Gasteiger charge is -2.16. The van der Waals surface area contributed by atoms with Gasteiger partial charge in [-0.3, -0.25) is 4.79 Å². The Balaban J connectivity index is 2.00. The van der Waals surface area contributed by atoms with E-state index >= 15 is 0 Å². The van der Waals surface area contributed by atoms with Crippen LogP contribution in [-0.4, -0.2) is 5.91 Å². The van der Waals surface area contributed by atoms with E-state index in [2.05, 4.69) is 38.2 Å². The highest BCUT2D eigenvalue weighted by Crippen LogP contribution is 2.30. The predicted octanol–water partition coefficient (Wildman–Crippen LogP) is 5.99. The summed E-state index contributed by atoms with van der Waals surface area (Å²) >= 11 is 0. The number of aryl methyl sites for hydroxylation is 3. The van der Waals surface area contributed by atoms with Crippen molar-refractivity contribution in [2.45, 2.75) is 47.0 Å². The van der Waals surface area contributed by atoms with Gasteiger partial charge >= 0.3 is 0 Å². The van der Waals surface area contributed by atoms with Crippen LogP contribution in [0.1, 0.15) is 59.5 Å². The zero-order valence-electron chi connectivity index (χ0n) is 15.6. The van der Waals surface area contributed by atoms with Crippen LogP contribution in [0.2, 0.25) is 0 Å². The lowest BCUT2D eigenvalue weighted by Crippen LogP contribution is -2.15. The van der Waals surface area contributed by atoms with Crippen molar-refractivity contribution in [3.05, 3.63) is 64.4 Å². The van der Waals surface area contributed by atoms with Crippen molar-refractivity contribution in [1.82, 2.24) is 0 Å². The van der Waals surface area contributed by atoms with E-state index in [4.69, 9.17) is 4.42 Å². The number of carbonyl (C=O) groups excluding carboxylic acids is 1. The normalized spacial score (nSPS) is 11.3. The van der Waals surface area contributed by atoms with E-state index in [1.165, 1.54) is 5.56 Å². The van der Waals surface area contributed by atoms with Gasteiger partial charge in [0.1, 0.15) is 5.58 Å². The van der Waals surface area contributed by atoms with Gasteiger partial charge in [-0.1, -0.05) is 45.0 Å². The Morgan fingerprint density at radius 1 is 1.16 bits per heavy atom. The Morgan fingerprint density at radius 2 is 1.92 bits per heavy atom. The molecule has 0 bridgehead atoms. The molecule has 0 aliphatic rings. The number of carbonyl (C=O) groups is 1. The van der Waals surface area contributed by atoms with E-state index in [9.17, 15) is 4.79 Å². The van der Waals surface area contributed by atoms with Gasteiger partial charge in [0, 0.05) is 16.6 Å². The fraction of sp³-hybridized carbons (Fsp3) is 0.318. The van der Waals surface area contributed by atoms with Gasteiger partial charge in [-0.2, -0.15) is 0 Å². The Labute approximate surface area is 149 Å². The topological polar surface area (TPSA) is 42.2 Å². The van der Waals surface area contributed by atoms with Crippen molar-refractivity contribution in [2.75, 3.05) is 5.32 Å². The molecule has 0 saturated carbocycles. The van der Waals surface area contributed by atoms with Crippen LogP contribution < -0.4 is 5.32 Å². The first-order valence-corrected chi connectivity index (χ1v) is 8.85. The maximum Gasteiger partial charge on any atom is 0.291 e. The fourth-order valence-electron chi connectivity index (χ4n) is 3.22. The van der Waals surface area contributed by atoms with Gasteiger partial charge in [0.15, 0.2) is 5.76 Å². The first kappa shape index (κ1) is 17.3. The molecule has 25 heavy (non-hydrogen) atoms. The zero-order valence-corrected chi connectivity index (χ0v) is 15.6. The van der Waals surface area contributed by atoms with Gasteiger partial charge in [0.05, 0.1) is 0 Å². The highest BCUT2D eigenvalue weighted by atomic mass is 16.3. The van der Waals surface area contributed by atoms with Gasteiger partial charge < -0.3 is 9.73 Å². The summed E-state index contributed by atoms with van der Waals surface area (Å²) in [4.78, 5) is 12.9. The second kappa shape index (κ2) is 6.75. The Kier molecular flexibility index (Phi) is 4.67. The van der Waals surface area contributed by atoms with Crippen molar-refractivity contribution in [3.8, 4) is 0 Å². The third-order valence-electron chi connectivity index (χ3n) is 4.78. The van der Waals surface area contributed by atoms with Gasteiger partial charge in [0.25, 0.3) is 5.91 Å². The molecule has 3 heteroatoms.